The fraction of sp³-hybridized carbons (Fsp3) is 0.643. The summed E-state index contributed by atoms with van der Waals surface area (Å²) in [6.45, 7) is 9.85. The summed E-state index contributed by atoms with van der Waals surface area (Å²) in [6, 6.07) is 8.40. The van der Waals surface area contributed by atoms with Gasteiger partial charge >= 0.3 is 5.97 Å². The Morgan fingerprint density at radius 2 is 1.97 bits per heavy atom. The van der Waals surface area contributed by atoms with Crippen molar-refractivity contribution in [2.75, 3.05) is 19.8 Å². The number of carbonyl (C=O) groups is 1. The van der Waals surface area contributed by atoms with E-state index in [9.17, 15) is 9.90 Å². The molecular weight excluding hydrogens is 446 g/mol. The molecule has 3 rings (SSSR count). The third kappa shape index (κ3) is 8.16. The Labute approximate surface area is 209 Å². The smallest absolute Gasteiger partial charge is 0.335 e. The number of nitrogens with zero attached hydrogens (tertiary/aromatic N) is 1. The summed E-state index contributed by atoms with van der Waals surface area (Å²) in [5, 5.41) is 9.27. The monoisotopic (exact) mass is 487 g/mol. The first-order chi connectivity index (χ1) is 16.9. The van der Waals surface area contributed by atoms with E-state index >= 15 is 0 Å². The zero-order valence-electron chi connectivity index (χ0n) is 21.6. The van der Waals surface area contributed by atoms with Gasteiger partial charge in [-0.2, -0.15) is 0 Å². The normalized spacial score (nSPS) is 19.2. The van der Waals surface area contributed by atoms with Crippen molar-refractivity contribution < 1.29 is 28.5 Å². The van der Waals surface area contributed by atoms with E-state index in [-0.39, 0.29) is 12.7 Å². The molecule has 0 bridgehead atoms. The van der Waals surface area contributed by atoms with E-state index in [4.69, 9.17) is 23.6 Å². The number of hydrogen-bond donors (Lipinski definition) is 1. The molecule has 1 fully saturated rings. The van der Waals surface area contributed by atoms with Crippen LogP contribution in [0, 0.1) is 5.92 Å². The van der Waals surface area contributed by atoms with Crippen LogP contribution in [0.5, 0.6) is 0 Å². The Balaban J connectivity index is 1.50. The molecule has 1 aliphatic carbocycles. The third-order valence-corrected chi connectivity index (χ3v) is 6.54. The molecular formula is C28H41NO6. The quantitative estimate of drug-likeness (QED) is 0.349. The number of oxazole rings is 1. The van der Waals surface area contributed by atoms with E-state index in [1.165, 1.54) is 5.56 Å². The molecule has 7 heteroatoms. The molecule has 194 valence electrons. The van der Waals surface area contributed by atoms with Gasteiger partial charge in [-0.15, -0.1) is 0 Å². The van der Waals surface area contributed by atoms with Crippen molar-refractivity contribution in [3.8, 4) is 11.5 Å². The second-order valence-electron chi connectivity index (χ2n) is 9.72. The summed E-state index contributed by atoms with van der Waals surface area (Å²) in [5.74, 6) is 1.38. The summed E-state index contributed by atoms with van der Waals surface area (Å²) in [7, 11) is 0. The van der Waals surface area contributed by atoms with Crippen LogP contribution in [-0.4, -0.2) is 48.1 Å². The van der Waals surface area contributed by atoms with Gasteiger partial charge in [-0.3, -0.25) is 0 Å². The van der Waals surface area contributed by atoms with Crippen LogP contribution in [0.1, 0.15) is 82.7 Å². The van der Waals surface area contributed by atoms with Crippen molar-refractivity contribution in [1.82, 2.24) is 4.98 Å². The van der Waals surface area contributed by atoms with Gasteiger partial charge in [0.2, 0.25) is 5.89 Å². The topological polar surface area (TPSA) is 91.0 Å². The number of aliphatic carboxylic acids is 1. The second-order valence-corrected chi connectivity index (χ2v) is 9.72. The van der Waals surface area contributed by atoms with Crippen LogP contribution < -0.4 is 0 Å². The molecule has 1 saturated carbocycles. The molecule has 1 N–H and O–H groups in total. The van der Waals surface area contributed by atoms with Crippen LogP contribution in [-0.2, 0) is 32.0 Å². The van der Waals surface area contributed by atoms with Crippen LogP contribution in [0.25, 0.3) is 11.5 Å². The molecule has 3 atom stereocenters. The second kappa shape index (κ2) is 13.8. The van der Waals surface area contributed by atoms with Crippen molar-refractivity contribution in [2.45, 2.75) is 91.0 Å². The lowest BCUT2D eigenvalue weighted by Gasteiger charge is -2.29. The predicted octanol–water partition coefficient (Wildman–Crippen LogP) is 6.00. The predicted molar refractivity (Wildman–Crippen MR) is 134 cm³/mol. The van der Waals surface area contributed by atoms with Crippen LogP contribution >= 0.6 is 0 Å². The minimum absolute atomic E-state index is 0.0804. The van der Waals surface area contributed by atoms with Gasteiger partial charge in [-0.05, 0) is 55.2 Å². The first-order valence-electron chi connectivity index (χ1n) is 13.0. The number of carboxylic acids is 1. The lowest BCUT2D eigenvalue weighted by atomic mass is 9.88. The molecule has 1 aromatic heterocycles. The van der Waals surface area contributed by atoms with E-state index in [0.717, 1.165) is 55.5 Å². The highest BCUT2D eigenvalue weighted by Gasteiger charge is 2.25. The zero-order chi connectivity index (χ0) is 25.2. The minimum Gasteiger partial charge on any atom is -0.479 e. The molecule has 3 unspecified atom stereocenters. The fourth-order valence-corrected chi connectivity index (χ4v) is 4.44. The lowest BCUT2D eigenvalue weighted by molar-refractivity contribution is -0.155. The van der Waals surface area contributed by atoms with Gasteiger partial charge in [0.05, 0.1) is 19.3 Å². The van der Waals surface area contributed by atoms with Gasteiger partial charge in [0.25, 0.3) is 0 Å². The highest BCUT2D eigenvalue weighted by Crippen LogP contribution is 2.29. The van der Waals surface area contributed by atoms with Crippen molar-refractivity contribution in [2.24, 2.45) is 5.92 Å². The summed E-state index contributed by atoms with van der Waals surface area (Å²) in [5.41, 5.74) is 3.14. The summed E-state index contributed by atoms with van der Waals surface area (Å²) < 4.78 is 23.4. The summed E-state index contributed by atoms with van der Waals surface area (Å²) in [6.07, 6.45) is 4.83. The van der Waals surface area contributed by atoms with E-state index < -0.39 is 12.1 Å². The molecule has 0 amide bonds. The number of aryl methyl sites for hydroxylation is 1. The van der Waals surface area contributed by atoms with Gasteiger partial charge in [0.15, 0.2) is 6.10 Å². The molecule has 2 aromatic rings. The Morgan fingerprint density at radius 3 is 2.63 bits per heavy atom. The van der Waals surface area contributed by atoms with Gasteiger partial charge in [0, 0.05) is 25.2 Å². The first kappa shape index (κ1) is 27.4. The number of benzene rings is 1. The molecule has 7 nitrogen and oxygen atoms in total. The van der Waals surface area contributed by atoms with E-state index in [1.54, 1.807) is 0 Å². The average molecular weight is 488 g/mol. The number of ether oxygens (including phenoxy) is 3. The van der Waals surface area contributed by atoms with E-state index in [1.807, 2.05) is 6.92 Å². The van der Waals surface area contributed by atoms with Crippen molar-refractivity contribution in [3.63, 3.8) is 0 Å². The molecule has 1 aromatic carbocycles. The number of aromatic nitrogens is 1. The summed E-state index contributed by atoms with van der Waals surface area (Å²) >= 11 is 0. The maximum atomic E-state index is 11.3. The molecule has 0 saturated heterocycles. The minimum atomic E-state index is -0.974. The third-order valence-electron chi connectivity index (χ3n) is 6.54. The molecule has 0 spiro atoms. The zero-order valence-corrected chi connectivity index (χ0v) is 21.6. The maximum absolute atomic E-state index is 11.3. The molecule has 35 heavy (non-hydrogen) atoms. The molecule has 0 aliphatic heterocycles. The fourth-order valence-electron chi connectivity index (χ4n) is 4.44. The largest absolute Gasteiger partial charge is 0.479 e. The highest BCUT2D eigenvalue weighted by molar-refractivity contribution is 5.72. The van der Waals surface area contributed by atoms with Crippen LogP contribution in [0.4, 0.5) is 0 Å². The van der Waals surface area contributed by atoms with Crippen LogP contribution in [0.3, 0.4) is 0 Å². The molecule has 0 radical (unpaired) electrons. The molecule has 1 heterocycles. The molecule has 1 aliphatic rings. The first-order valence-corrected chi connectivity index (χ1v) is 13.0. The van der Waals surface area contributed by atoms with E-state index in [2.05, 4.69) is 45.0 Å². The summed E-state index contributed by atoms with van der Waals surface area (Å²) in [4.78, 5) is 16.1. The van der Waals surface area contributed by atoms with Gasteiger partial charge in [-0.25, -0.2) is 9.78 Å². The Morgan fingerprint density at radius 1 is 1.20 bits per heavy atom. The Bertz CT molecular complexity index is 907. The number of rotatable bonds is 14. The number of carboxylic acid groups (broad SMARTS) is 1. The van der Waals surface area contributed by atoms with Crippen molar-refractivity contribution in [3.05, 3.63) is 41.3 Å². The van der Waals surface area contributed by atoms with E-state index in [0.29, 0.717) is 37.5 Å². The number of hydrogen-bond acceptors (Lipinski definition) is 6. The maximum Gasteiger partial charge on any atom is 0.335 e. The van der Waals surface area contributed by atoms with Gasteiger partial charge in [-0.1, -0.05) is 46.2 Å². The lowest BCUT2D eigenvalue weighted by Crippen LogP contribution is -2.31. The Hall–Kier alpha value is -2.22. The van der Waals surface area contributed by atoms with Crippen LogP contribution in [0.15, 0.2) is 28.7 Å². The SMILES string of the molecule is CCCOC(COCC1CCCC(OCc2nc(-c3ccc(C(C)C)cc3)oc2CC)C1)C(=O)O. The van der Waals surface area contributed by atoms with Crippen molar-refractivity contribution in [1.29, 1.82) is 0 Å². The van der Waals surface area contributed by atoms with Crippen molar-refractivity contribution >= 4 is 5.97 Å². The highest BCUT2D eigenvalue weighted by atomic mass is 16.5. The van der Waals surface area contributed by atoms with Gasteiger partial charge in [0.1, 0.15) is 11.5 Å². The standard InChI is InChI=1S/C28H41NO6/c1-5-14-33-26(28(30)31)18-32-16-20-8-7-9-23(15-20)34-17-24-25(6-2)35-27(29-24)22-12-10-21(11-13-22)19(3)4/h10-13,19-20,23,26H,5-9,14-18H2,1-4H3,(H,30,31). The Kier molecular flexibility index (Phi) is 10.8. The van der Waals surface area contributed by atoms with Gasteiger partial charge < -0.3 is 23.7 Å². The van der Waals surface area contributed by atoms with Crippen LogP contribution in [0.2, 0.25) is 0 Å². The average Bonchev–Trinajstić information content (AvgIpc) is 3.28.